The van der Waals surface area contributed by atoms with Crippen LogP contribution in [0.5, 0.6) is 0 Å². The minimum Gasteiger partial charge on any atom is -0.388 e. The summed E-state index contributed by atoms with van der Waals surface area (Å²) >= 11 is 0. The zero-order valence-electron chi connectivity index (χ0n) is 11.7. The van der Waals surface area contributed by atoms with Crippen LogP contribution in [0.4, 0.5) is 4.39 Å². The van der Waals surface area contributed by atoms with Crippen LogP contribution in [0.15, 0.2) is 24.3 Å². The van der Waals surface area contributed by atoms with Crippen molar-refractivity contribution in [1.29, 1.82) is 0 Å². The molecule has 3 unspecified atom stereocenters. The fourth-order valence-corrected chi connectivity index (χ4v) is 2.07. The Bertz CT molecular complexity index is 369. The number of nitrogens with zero attached hydrogens (tertiary/aromatic N) is 1. The third-order valence-corrected chi connectivity index (χ3v) is 3.68. The van der Waals surface area contributed by atoms with Crippen molar-refractivity contribution in [2.24, 2.45) is 5.92 Å². The molecule has 0 saturated heterocycles. The van der Waals surface area contributed by atoms with Crippen LogP contribution in [0.2, 0.25) is 0 Å². The van der Waals surface area contributed by atoms with E-state index < -0.39 is 6.10 Å². The van der Waals surface area contributed by atoms with Crippen molar-refractivity contribution in [3.05, 3.63) is 35.6 Å². The predicted molar refractivity (Wildman–Crippen MR) is 72.9 cm³/mol. The van der Waals surface area contributed by atoms with E-state index in [0.29, 0.717) is 11.6 Å². The Morgan fingerprint density at radius 1 is 1.28 bits per heavy atom. The van der Waals surface area contributed by atoms with E-state index >= 15 is 0 Å². The number of rotatable bonds is 6. The summed E-state index contributed by atoms with van der Waals surface area (Å²) in [6, 6.07) is 6.91. The monoisotopic (exact) mass is 253 g/mol. The molecule has 0 fully saturated rings. The van der Waals surface area contributed by atoms with Gasteiger partial charge in [0.05, 0.1) is 6.10 Å². The number of hydrogen-bond acceptors (Lipinski definition) is 2. The van der Waals surface area contributed by atoms with Gasteiger partial charge in [-0.2, -0.15) is 0 Å². The smallest absolute Gasteiger partial charge is 0.129 e. The van der Waals surface area contributed by atoms with Crippen LogP contribution in [-0.2, 0) is 0 Å². The molecule has 3 atom stereocenters. The lowest BCUT2D eigenvalue weighted by Gasteiger charge is -2.29. The number of aliphatic hydroxyl groups excluding tert-OH is 1. The number of benzene rings is 1. The van der Waals surface area contributed by atoms with Gasteiger partial charge in [-0.15, -0.1) is 0 Å². The summed E-state index contributed by atoms with van der Waals surface area (Å²) in [7, 11) is 2.04. The summed E-state index contributed by atoms with van der Waals surface area (Å²) in [5.41, 5.74) is 0.391. The van der Waals surface area contributed by atoms with Crippen molar-refractivity contribution in [3.63, 3.8) is 0 Å². The highest BCUT2D eigenvalue weighted by atomic mass is 19.1. The first kappa shape index (κ1) is 15.1. The summed E-state index contributed by atoms with van der Waals surface area (Å²) in [6.45, 7) is 7.00. The highest BCUT2D eigenvalue weighted by Crippen LogP contribution is 2.25. The molecular weight excluding hydrogens is 229 g/mol. The lowest BCUT2D eigenvalue weighted by molar-refractivity contribution is 0.0823. The van der Waals surface area contributed by atoms with E-state index in [1.165, 1.54) is 6.07 Å². The maximum Gasteiger partial charge on any atom is 0.129 e. The van der Waals surface area contributed by atoms with E-state index in [0.717, 1.165) is 13.0 Å². The van der Waals surface area contributed by atoms with Crippen LogP contribution >= 0.6 is 0 Å². The third kappa shape index (κ3) is 3.79. The van der Waals surface area contributed by atoms with Crippen molar-refractivity contribution in [1.82, 2.24) is 4.90 Å². The van der Waals surface area contributed by atoms with Crippen molar-refractivity contribution < 1.29 is 9.50 Å². The average molecular weight is 253 g/mol. The fourth-order valence-electron chi connectivity index (χ4n) is 2.07. The molecule has 102 valence electrons. The van der Waals surface area contributed by atoms with Crippen molar-refractivity contribution in [2.75, 3.05) is 13.6 Å². The zero-order chi connectivity index (χ0) is 13.7. The van der Waals surface area contributed by atoms with E-state index in [2.05, 4.69) is 18.7 Å². The molecule has 1 aromatic carbocycles. The first-order valence-corrected chi connectivity index (χ1v) is 6.60. The summed E-state index contributed by atoms with van der Waals surface area (Å²) in [5, 5.41) is 10.2. The van der Waals surface area contributed by atoms with Gasteiger partial charge in [-0.25, -0.2) is 4.39 Å². The zero-order valence-corrected chi connectivity index (χ0v) is 11.7. The second-order valence-electron chi connectivity index (χ2n) is 5.14. The van der Waals surface area contributed by atoms with Crippen LogP contribution in [0, 0.1) is 11.7 Å². The fraction of sp³-hybridized carbons (Fsp3) is 0.600. The van der Waals surface area contributed by atoms with E-state index in [1.54, 1.807) is 18.2 Å². The highest BCUT2D eigenvalue weighted by molar-refractivity contribution is 5.20. The number of hydrogen-bond donors (Lipinski definition) is 1. The van der Waals surface area contributed by atoms with Gasteiger partial charge < -0.3 is 10.0 Å². The molecule has 0 spiro atoms. The Morgan fingerprint density at radius 3 is 2.44 bits per heavy atom. The second-order valence-corrected chi connectivity index (χ2v) is 5.14. The molecule has 1 rings (SSSR count). The summed E-state index contributed by atoms with van der Waals surface area (Å²) < 4.78 is 13.6. The lowest BCUT2D eigenvalue weighted by Crippen LogP contribution is -2.34. The first-order valence-electron chi connectivity index (χ1n) is 6.60. The summed E-state index contributed by atoms with van der Waals surface area (Å²) in [4.78, 5) is 2.20. The lowest BCUT2D eigenvalue weighted by atomic mass is 9.96. The third-order valence-electron chi connectivity index (χ3n) is 3.68. The Labute approximate surface area is 109 Å². The molecule has 18 heavy (non-hydrogen) atoms. The standard InChI is InChI=1S/C15H24FNO/c1-5-12(3)17(4)10-11(2)15(18)13-8-6-7-9-14(13)16/h6-9,11-12,15,18H,5,10H2,1-4H3. The first-order chi connectivity index (χ1) is 8.47. The summed E-state index contributed by atoms with van der Waals surface area (Å²) in [6.07, 6.45) is 0.316. The molecule has 1 N–H and O–H groups in total. The summed E-state index contributed by atoms with van der Waals surface area (Å²) in [5.74, 6) is -0.330. The van der Waals surface area contributed by atoms with Gasteiger partial charge in [-0.1, -0.05) is 32.0 Å². The molecule has 2 nitrogen and oxygen atoms in total. The quantitative estimate of drug-likeness (QED) is 0.841. The highest BCUT2D eigenvalue weighted by Gasteiger charge is 2.21. The molecule has 3 heteroatoms. The van der Waals surface area contributed by atoms with Crippen LogP contribution in [-0.4, -0.2) is 29.6 Å². The van der Waals surface area contributed by atoms with E-state index in [-0.39, 0.29) is 11.7 Å². The molecule has 0 heterocycles. The minimum absolute atomic E-state index is 0.000833. The van der Waals surface area contributed by atoms with Crippen LogP contribution in [0.3, 0.4) is 0 Å². The van der Waals surface area contributed by atoms with Gasteiger partial charge >= 0.3 is 0 Å². The molecule has 0 aliphatic heterocycles. The van der Waals surface area contributed by atoms with Crippen molar-refractivity contribution in [2.45, 2.75) is 39.3 Å². The molecule has 0 saturated carbocycles. The van der Waals surface area contributed by atoms with Gasteiger partial charge in [0, 0.05) is 18.2 Å². The topological polar surface area (TPSA) is 23.5 Å². The Morgan fingerprint density at radius 2 is 1.89 bits per heavy atom. The molecule has 0 aliphatic rings. The second kappa shape index (κ2) is 6.86. The maximum absolute atomic E-state index is 13.6. The van der Waals surface area contributed by atoms with Gasteiger partial charge in [0.25, 0.3) is 0 Å². The minimum atomic E-state index is -0.752. The van der Waals surface area contributed by atoms with Gasteiger partial charge in [-0.3, -0.25) is 0 Å². The van der Waals surface area contributed by atoms with Crippen molar-refractivity contribution >= 4 is 0 Å². The molecular formula is C15H24FNO. The largest absolute Gasteiger partial charge is 0.388 e. The number of aliphatic hydroxyl groups is 1. The van der Waals surface area contributed by atoms with Crippen LogP contribution in [0.1, 0.15) is 38.9 Å². The predicted octanol–water partition coefficient (Wildman–Crippen LogP) is 3.23. The van der Waals surface area contributed by atoms with E-state index in [9.17, 15) is 9.50 Å². The van der Waals surface area contributed by atoms with Crippen molar-refractivity contribution in [3.8, 4) is 0 Å². The molecule has 0 bridgehead atoms. The average Bonchev–Trinajstić information content (AvgIpc) is 2.37. The Balaban J connectivity index is 2.67. The van der Waals surface area contributed by atoms with Gasteiger partial charge in [0.2, 0.25) is 0 Å². The molecule has 0 aliphatic carbocycles. The molecule has 0 aromatic heterocycles. The molecule has 0 radical (unpaired) electrons. The number of halogens is 1. The van der Waals surface area contributed by atoms with Gasteiger partial charge in [0.1, 0.15) is 5.82 Å². The maximum atomic E-state index is 13.6. The Kier molecular flexibility index (Phi) is 5.76. The van der Waals surface area contributed by atoms with Gasteiger partial charge in [-0.05, 0) is 32.4 Å². The SMILES string of the molecule is CCC(C)N(C)CC(C)C(O)c1ccccc1F. The van der Waals surface area contributed by atoms with Gasteiger partial charge in [0.15, 0.2) is 0 Å². The van der Waals surface area contributed by atoms with Crippen LogP contribution in [0.25, 0.3) is 0 Å². The van der Waals surface area contributed by atoms with Crippen LogP contribution < -0.4 is 0 Å². The Hall–Kier alpha value is -0.930. The van der Waals surface area contributed by atoms with E-state index in [4.69, 9.17) is 0 Å². The molecule has 1 aromatic rings. The molecule has 0 amide bonds. The normalized spacial score (nSPS) is 16.6. The van der Waals surface area contributed by atoms with E-state index in [1.807, 2.05) is 14.0 Å².